The minimum atomic E-state index is -4.53. The Bertz CT molecular complexity index is 744. The minimum absolute atomic E-state index is 0.00483. The highest BCUT2D eigenvalue weighted by Gasteiger charge is 2.34. The van der Waals surface area contributed by atoms with Crippen molar-refractivity contribution in [3.63, 3.8) is 0 Å². The Balaban J connectivity index is 1.90. The Morgan fingerprint density at radius 1 is 1.14 bits per heavy atom. The predicted molar refractivity (Wildman–Crippen MR) is 77.3 cm³/mol. The minimum Gasteiger partial charge on any atom is -0.378 e. The van der Waals surface area contributed by atoms with Crippen LogP contribution in [-0.2, 0) is 12.6 Å². The van der Waals surface area contributed by atoms with Crippen molar-refractivity contribution in [2.45, 2.75) is 25.1 Å². The van der Waals surface area contributed by atoms with Crippen molar-refractivity contribution in [1.29, 1.82) is 5.26 Å². The first-order chi connectivity index (χ1) is 10.5. The van der Waals surface area contributed by atoms with Crippen molar-refractivity contribution in [3.05, 3.63) is 64.7 Å². The van der Waals surface area contributed by atoms with E-state index in [0.717, 1.165) is 24.5 Å². The van der Waals surface area contributed by atoms with E-state index in [4.69, 9.17) is 5.26 Å². The van der Waals surface area contributed by atoms with Crippen LogP contribution in [0.1, 0.15) is 34.7 Å². The molecule has 5 heteroatoms. The van der Waals surface area contributed by atoms with E-state index < -0.39 is 11.7 Å². The van der Waals surface area contributed by atoms with Gasteiger partial charge in [-0.2, -0.15) is 18.4 Å². The van der Waals surface area contributed by atoms with Crippen LogP contribution in [0.4, 0.5) is 18.9 Å². The van der Waals surface area contributed by atoms with Gasteiger partial charge in [0.25, 0.3) is 0 Å². The highest BCUT2D eigenvalue weighted by molar-refractivity contribution is 5.55. The van der Waals surface area contributed by atoms with Crippen LogP contribution in [-0.4, -0.2) is 0 Å². The molecule has 1 aliphatic rings. The number of benzene rings is 2. The lowest BCUT2D eigenvalue weighted by Gasteiger charge is -2.17. The average molecular weight is 302 g/mol. The van der Waals surface area contributed by atoms with Crippen LogP contribution in [0.5, 0.6) is 0 Å². The topological polar surface area (TPSA) is 35.8 Å². The van der Waals surface area contributed by atoms with Crippen LogP contribution in [0.3, 0.4) is 0 Å². The Kier molecular flexibility index (Phi) is 3.53. The number of hydrogen-bond donors (Lipinski definition) is 1. The third-order valence-corrected chi connectivity index (χ3v) is 3.92. The second kappa shape index (κ2) is 5.38. The van der Waals surface area contributed by atoms with Crippen LogP contribution >= 0.6 is 0 Å². The van der Waals surface area contributed by atoms with E-state index in [0.29, 0.717) is 5.69 Å². The molecule has 1 aliphatic carbocycles. The Morgan fingerprint density at radius 2 is 1.91 bits per heavy atom. The third-order valence-electron chi connectivity index (χ3n) is 3.92. The van der Waals surface area contributed by atoms with Gasteiger partial charge in [-0.25, -0.2) is 0 Å². The fourth-order valence-corrected chi connectivity index (χ4v) is 2.87. The van der Waals surface area contributed by atoms with Gasteiger partial charge in [-0.15, -0.1) is 0 Å². The van der Waals surface area contributed by atoms with Gasteiger partial charge in [0.05, 0.1) is 23.2 Å². The zero-order valence-corrected chi connectivity index (χ0v) is 11.6. The molecule has 0 fully saturated rings. The summed E-state index contributed by atoms with van der Waals surface area (Å²) in [6.07, 6.45) is -2.77. The van der Waals surface area contributed by atoms with Crippen molar-refractivity contribution in [2.75, 3.05) is 5.32 Å². The summed E-state index contributed by atoms with van der Waals surface area (Å²) in [5.41, 5.74) is 1.48. The average Bonchev–Trinajstić information content (AvgIpc) is 2.90. The molecule has 1 N–H and O–H groups in total. The molecule has 0 aliphatic heterocycles. The van der Waals surface area contributed by atoms with Gasteiger partial charge in [0.1, 0.15) is 0 Å². The largest absolute Gasteiger partial charge is 0.417 e. The summed E-state index contributed by atoms with van der Waals surface area (Å²) >= 11 is 0. The molecule has 0 amide bonds. The first-order valence-electron chi connectivity index (χ1n) is 6.95. The number of alkyl halides is 3. The SMILES string of the molecule is N#Cc1ccc(NC2CCc3ccccc32)cc1C(F)(F)F. The van der Waals surface area contributed by atoms with Gasteiger partial charge >= 0.3 is 6.18 Å². The third kappa shape index (κ3) is 2.64. The zero-order chi connectivity index (χ0) is 15.7. The zero-order valence-electron chi connectivity index (χ0n) is 11.6. The molecule has 1 atom stereocenters. The molecule has 0 aromatic heterocycles. The van der Waals surface area contributed by atoms with Crippen LogP contribution in [0.25, 0.3) is 0 Å². The van der Waals surface area contributed by atoms with Crippen LogP contribution in [0.2, 0.25) is 0 Å². The van der Waals surface area contributed by atoms with E-state index in [1.807, 2.05) is 24.3 Å². The highest BCUT2D eigenvalue weighted by Crippen LogP contribution is 2.37. The number of halogens is 3. The lowest BCUT2D eigenvalue weighted by atomic mass is 10.1. The molecule has 0 heterocycles. The smallest absolute Gasteiger partial charge is 0.378 e. The van der Waals surface area contributed by atoms with Crippen molar-refractivity contribution in [2.24, 2.45) is 0 Å². The Labute approximate surface area is 126 Å². The number of hydrogen-bond acceptors (Lipinski definition) is 2. The van der Waals surface area contributed by atoms with Crippen LogP contribution < -0.4 is 5.32 Å². The second-order valence-corrected chi connectivity index (χ2v) is 5.30. The molecule has 0 saturated heterocycles. The molecular formula is C17H13F3N2. The lowest BCUT2D eigenvalue weighted by Crippen LogP contribution is -2.11. The molecule has 2 nitrogen and oxygen atoms in total. The molecule has 0 radical (unpaired) electrons. The molecule has 22 heavy (non-hydrogen) atoms. The Hall–Kier alpha value is -2.48. The van der Waals surface area contributed by atoms with Crippen molar-refractivity contribution in [3.8, 4) is 6.07 Å². The summed E-state index contributed by atoms with van der Waals surface area (Å²) in [5, 5.41) is 12.0. The summed E-state index contributed by atoms with van der Waals surface area (Å²) in [6.45, 7) is 0. The molecule has 0 spiro atoms. The number of fused-ring (bicyclic) bond motifs is 1. The number of nitrogens with one attached hydrogen (secondary N) is 1. The molecule has 2 aromatic carbocycles. The van der Waals surface area contributed by atoms with E-state index >= 15 is 0 Å². The summed E-state index contributed by atoms with van der Waals surface area (Å²) in [7, 11) is 0. The highest BCUT2D eigenvalue weighted by atomic mass is 19.4. The number of nitriles is 1. The van der Waals surface area contributed by atoms with Gasteiger partial charge in [0, 0.05) is 5.69 Å². The fraction of sp³-hybridized carbons (Fsp3) is 0.235. The summed E-state index contributed by atoms with van der Waals surface area (Å²) in [6, 6.07) is 13.3. The lowest BCUT2D eigenvalue weighted by molar-refractivity contribution is -0.137. The van der Waals surface area contributed by atoms with Gasteiger partial charge < -0.3 is 5.32 Å². The maximum absolute atomic E-state index is 13.0. The number of aryl methyl sites for hydroxylation is 1. The van der Waals surface area contributed by atoms with E-state index in [1.165, 1.54) is 17.7 Å². The maximum atomic E-state index is 13.0. The van der Waals surface area contributed by atoms with E-state index in [-0.39, 0.29) is 11.6 Å². The van der Waals surface area contributed by atoms with E-state index in [1.54, 1.807) is 6.07 Å². The standard InChI is InChI=1S/C17H13F3N2/c18-17(19,20)15-9-13(7-5-12(15)10-21)22-16-8-6-11-3-1-2-4-14(11)16/h1-5,7,9,16,22H,6,8H2. The predicted octanol–water partition coefficient (Wildman–Crippen LogP) is 4.68. The monoisotopic (exact) mass is 302 g/mol. The second-order valence-electron chi connectivity index (χ2n) is 5.30. The first kappa shape index (κ1) is 14.5. The first-order valence-corrected chi connectivity index (χ1v) is 6.95. The maximum Gasteiger partial charge on any atom is 0.417 e. The summed E-state index contributed by atoms with van der Waals surface area (Å²) in [4.78, 5) is 0. The van der Waals surface area contributed by atoms with Crippen molar-refractivity contribution >= 4 is 5.69 Å². The van der Waals surface area contributed by atoms with Crippen LogP contribution in [0.15, 0.2) is 42.5 Å². The van der Waals surface area contributed by atoms with Crippen molar-refractivity contribution in [1.82, 2.24) is 0 Å². The van der Waals surface area contributed by atoms with Gasteiger partial charge in [-0.05, 0) is 42.2 Å². The van der Waals surface area contributed by atoms with Gasteiger partial charge in [0.15, 0.2) is 0 Å². The van der Waals surface area contributed by atoms with Gasteiger partial charge in [0.2, 0.25) is 0 Å². The summed E-state index contributed by atoms with van der Waals surface area (Å²) < 4.78 is 39.0. The van der Waals surface area contributed by atoms with E-state index in [9.17, 15) is 13.2 Å². The Morgan fingerprint density at radius 3 is 2.64 bits per heavy atom. The molecule has 1 unspecified atom stereocenters. The molecule has 0 saturated carbocycles. The van der Waals surface area contributed by atoms with E-state index in [2.05, 4.69) is 5.32 Å². The number of anilines is 1. The molecule has 2 aromatic rings. The number of rotatable bonds is 2. The number of nitrogens with zero attached hydrogens (tertiary/aromatic N) is 1. The normalized spacial score (nSPS) is 16.9. The van der Waals surface area contributed by atoms with Crippen LogP contribution in [0, 0.1) is 11.3 Å². The molecular weight excluding hydrogens is 289 g/mol. The van der Waals surface area contributed by atoms with Crippen molar-refractivity contribution < 1.29 is 13.2 Å². The molecule has 3 rings (SSSR count). The fourth-order valence-electron chi connectivity index (χ4n) is 2.87. The summed E-state index contributed by atoms with van der Waals surface area (Å²) in [5.74, 6) is 0. The van der Waals surface area contributed by atoms with Gasteiger partial charge in [-0.1, -0.05) is 24.3 Å². The molecule has 112 valence electrons. The molecule has 0 bridgehead atoms. The van der Waals surface area contributed by atoms with Gasteiger partial charge in [-0.3, -0.25) is 0 Å². The quantitative estimate of drug-likeness (QED) is 0.874.